The van der Waals surface area contributed by atoms with E-state index in [2.05, 4.69) is 6.92 Å². The summed E-state index contributed by atoms with van der Waals surface area (Å²) in [5, 5.41) is 0.696. The van der Waals surface area contributed by atoms with Gasteiger partial charge in [-0.25, -0.2) is 22.4 Å². The molecule has 31 heavy (non-hydrogen) atoms. The Balaban J connectivity index is 1.55. The van der Waals surface area contributed by atoms with Gasteiger partial charge in [0.05, 0.1) is 0 Å². The average molecular weight is 430 g/mol. The van der Waals surface area contributed by atoms with E-state index in [1.807, 2.05) is 0 Å². The molecule has 6 heteroatoms. The van der Waals surface area contributed by atoms with E-state index in [-0.39, 0.29) is 11.7 Å². The van der Waals surface area contributed by atoms with Gasteiger partial charge in [0.25, 0.3) is 0 Å². The van der Waals surface area contributed by atoms with Gasteiger partial charge >= 0.3 is 5.97 Å². The highest BCUT2D eigenvalue weighted by Gasteiger charge is 2.26. The van der Waals surface area contributed by atoms with E-state index in [0.29, 0.717) is 22.3 Å². The molecule has 162 valence electrons. The van der Waals surface area contributed by atoms with Crippen LogP contribution in [-0.4, -0.2) is 5.97 Å². The highest BCUT2D eigenvalue weighted by molar-refractivity contribution is 5.92. The second kappa shape index (κ2) is 8.69. The zero-order valence-electron chi connectivity index (χ0n) is 17.1. The topological polar surface area (TPSA) is 26.3 Å². The monoisotopic (exact) mass is 430 g/mol. The summed E-state index contributed by atoms with van der Waals surface area (Å²) < 4.78 is 61.3. The first-order valence-corrected chi connectivity index (χ1v) is 10.5. The van der Waals surface area contributed by atoms with Gasteiger partial charge in [0.1, 0.15) is 22.9 Å². The minimum Gasteiger partial charge on any atom is -0.423 e. The standard InChI is InChI=1S/C25H22F4O2/c1-2-14-3-5-15(6-4-14)18-12-22(28)24(23(29)13-18)25(30)31-19-8-7-16-10-20(26)21(27)11-17(16)9-19/h7-15H,2-6H2,1H3. The lowest BCUT2D eigenvalue weighted by atomic mass is 9.77. The summed E-state index contributed by atoms with van der Waals surface area (Å²) in [6.07, 6.45) is 4.91. The Morgan fingerprint density at radius 3 is 2.06 bits per heavy atom. The van der Waals surface area contributed by atoms with Gasteiger partial charge in [-0.05, 0) is 90.3 Å². The zero-order valence-corrected chi connectivity index (χ0v) is 17.1. The SMILES string of the molecule is CCC1CCC(c2cc(F)c(C(=O)Oc3ccc4cc(F)c(F)cc4c3)c(F)c2)CC1. The van der Waals surface area contributed by atoms with Crippen LogP contribution in [0.25, 0.3) is 10.8 Å². The van der Waals surface area contributed by atoms with Gasteiger partial charge in [0, 0.05) is 0 Å². The maximum Gasteiger partial charge on any atom is 0.349 e. The van der Waals surface area contributed by atoms with E-state index >= 15 is 0 Å². The molecule has 0 aromatic heterocycles. The Labute approximate surface area is 177 Å². The number of hydrogen-bond donors (Lipinski definition) is 0. The van der Waals surface area contributed by atoms with Crippen molar-refractivity contribution in [3.05, 3.63) is 76.9 Å². The molecule has 3 aromatic rings. The summed E-state index contributed by atoms with van der Waals surface area (Å²) in [5.41, 5.74) is -0.208. The lowest BCUT2D eigenvalue weighted by Crippen LogP contribution is -2.16. The Morgan fingerprint density at radius 2 is 1.45 bits per heavy atom. The fourth-order valence-corrected chi connectivity index (χ4v) is 4.37. The van der Waals surface area contributed by atoms with Crippen LogP contribution >= 0.6 is 0 Å². The van der Waals surface area contributed by atoms with Gasteiger partial charge in [-0.1, -0.05) is 19.4 Å². The maximum atomic E-state index is 14.7. The first kappa shape index (κ1) is 21.3. The summed E-state index contributed by atoms with van der Waals surface area (Å²) in [4.78, 5) is 12.4. The molecule has 0 spiro atoms. The third kappa shape index (κ3) is 4.43. The van der Waals surface area contributed by atoms with Crippen LogP contribution in [0.15, 0.2) is 42.5 Å². The van der Waals surface area contributed by atoms with Crippen molar-refractivity contribution in [1.29, 1.82) is 0 Å². The molecule has 1 aliphatic carbocycles. The lowest BCUT2D eigenvalue weighted by molar-refractivity contribution is 0.0724. The predicted octanol–water partition coefficient (Wildman–Crippen LogP) is 7.30. The largest absolute Gasteiger partial charge is 0.423 e. The number of rotatable bonds is 4. The minimum atomic E-state index is -1.18. The Hall–Kier alpha value is -2.89. The van der Waals surface area contributed by atoms with E-state index in [0.717, 1.165) is 44.2 Å². The Morgan fingerprint density at radius 1 is 0.839 bits per heavy atom. The van der Waals surface area contributed by atoms with Crippen LogP contribution in [0.2, 0.25) is 0 Å². The van der Waals surface area contributed by atoms with E-state index < -0.39 is 34.8 Å². The normalized spacial score (nSPS) is 18.9. The minimum absolute atomic E-state index is 0.0238. The second-order valence-electron chi connectivity index (χ2n) is 8.15. The van der Waals surface area contributed by atoms with E-state index in [1.165, 1.54) is 30.3 Å². The van der Waals surface area contributed by atoms with Crippen LogP contribution < -0.4 is 4.74 Å². The number of benzene rings is 3. The van der Waals surface area contributed by atoms with E-state index in [9.17, 15) is 22.4 Å². The van der Waals surface area contributed by atoms with Crippen LogP contribution in [0.3, 0.4) is 0 Å². The molecular formula is C25H22F4O2. The van der Waals surface area contributed by atoms with Gasteiger partial charge < -0.3 is 4.74 Å². The Bertz CT molecular complexity index is 1110. The van der Waals surface area contributed by atoms with Crippen LogP contribution in [0.5, 0.6) is 5.75 Å². The molecule has 1 saturated carbocycles. The van der Waals surface area contributed by atoms with Crippen molar-refractivity contribution < 1.29 is 27.1 Å². The van der Waals surface area contributed by atoms with Gasteiger partial charge in [-0.2, -0.15) is 0 Å². The number of carbonyl (C=O) groups excluding carboxylic acids is 1. The molecule has 2 nitrogen and oxygen atoms in total. The molecule has 1 fully saturated rings. The number of esters is 1. The molecule has 0 aliphatic heterocycles. The van der Waals surface area contributed by atoms with Gasteiger partial charge in [0.15, 0.2) is 11.6 Å². The molecule has 4 rings (SSSR count). The van der Waals surface area contributed by atoms with E-state index in [1.54, 1.807) is 0 Å². The van der Waals surface area contributed by atoms with Crippen LogP contribution in [0.1, 0.15) is 60.9 Å². The molecule has 0 bridgehead atoms. The van der Waals surface area contributed by atoms with Crippen molar-refractivity contribution in [2.45, 2.75) is 44.9 Å². The van der Waals surface area contributed by atoms with Crippen molar-refractivity contribution in [3.8, 4) is 5.75 Å². The lowest BCUT2D eigenvalue weighted by Gasteiger charge is -2.28. The summed E-state index contributed by atoms with van der Waals surface area (Å²) in [7, 11) is 0. The molecule has 0 unspecified atom stereocenters. The second-order valence-corrected chi connectivity index (χ2v) is 8.15. The molecule has 0 atom stereocenters. The fourth-order valence-electron chi connectivity index (χ4n) is 4.37. The highest BCUT2D eigenvalue weighted by atomic mass is 19.2. The highest BCUT2D eigenvalue weighted by Crippen LogP contribution is 2.38. The van der Waals surface area contributed by atoms with Crippen molar-refractivity contribution in [1.82, 2.24) is 0 Å². The number of halogens is 4. The first-order chi connectivity index (χ1) is 14.9. The van der Waals surface area contributed by atoms with Crippen molar-refractivity contribution >= 4 is 16.7 Å². The fraction of sp³-hybridized carbons (Fsp3) is 0.320. The smallest absolute Gasteiger partial charge is 0.349 e. The zero-order chi connectivity index (χ0) is 22.1. The summed E-state index contributed by atoms with van der Waals surface area (Å²) in [6.45, 7) is 2.15. The van der Waals surface area contributed by atoms with Gasteiger partial charge in [-0.15, -0.1) is 0 Å². The quantitative estimate of drug-likeness (QED) is 0.247. The maximum absolute atomic E-state index is 14.7. The van der Waals surface area contributed by atoms with Crippen LogP contribution in [0.4, 0.5) is 17.6 Å². The Kier molecular flexibility index (Phi) is 5.99. The first-order valence-electron chi connectivity index (χ1n) is 10.5. The number of fused-ring (bicyclic) bond motifs is 1. The number of hydrogen-bond acceptors (Lipinski definition) is 2. The third-order valence-corrected chi connectivity index (χ3v) is 6.23. The molecule has 0 radical (unpaired) electrons. The van der Waals surface area contributed by atoms with Crippen molar-refractivity contribution in [2.24, 2.45) is 5.92 Å². The summed E-state index contributed by atoms with van der Waals surface area (Å²) >= 11 is 0. The van der Waals surface area contributed by atoms with Gasteiger partial charge in [0.2, 0.25) is 0 Å². The summed E-state index contributed by atoms with van der Waals surface area (Å²) in [6, 6.07) is 8.51. The summed E-state index contributed by atoms with van der Waals surface area (Å²) in [5.74, 6) is -4.44. The molecule has 0 N–H and O–H groups in total. The average Bonchev–Trinajstić information content (AvgIpc) is 2.74. The molecule has 0 amide bonds. The molecule has 0 saturated heterocycles. The predicted molar refractivity (Wildman–Crippen MR) is 110 cm³/mol. The third-order valence-electron chi connectivity index (χ3n) is 6.23. The number of carbonyl (C=O) groups is 1. The van der Waals surface area contributed by atoms with Gasteiger partial charge in [-0.3, -0.25) is 0 Å². The van der Waals surface area contributed by atoms with Crippen molar-refractivity contribution in [2.75, 3.05) is 0 Å². The number of ether oxygens (including phenoxy) is 1. The molecular weight excluding hydrogens is 408 g/mol. The molecule has 0 heterocycles. The van der Waals surface area contributed by atoms with E-state index in [4.69, 9.17) is 4.74 Å². The van der Waals surface area contributed by atoms with Crippen molar-refractivity contribution in [3.63, 3.8) is 0 Å². The van der Waals surface area contributed by atoms with Crippen LogP contribution in [-0.2, 0) is 0 Å². The van der Waals surface area contributed by atoms with Crippen LogP contribution in [0, 0.1) is 29.2 Å². The molecule has 1 aliphatic rings. The molecule has 3 aromatic carbocycles.